The molecule has 0 radical (unpaired) electrons. The van der Waals surface area contributed by atoms with Gasteiger partial charge in [-0.3, -0.25) is 0 Å². The van der Waals surface area contributed by atoms with E-state index < -0.39 is 11.8 Å². The van der Waals surface area contributed by atoms with Gasteiger partial charge in [-0.1, -0.05) is 0 Å². The Morgan fingerprint density at radius 3 is 2.30 bits per heavy atom. The van der Waals surface area contributed by atoms with Crippen LogP contribution >= 0.6 is 0 Å². The van der Waals surface area contributed by atoms with Crippen molar-refractivity contribution in [2.45, 2.75) is 77.4 Å². The average molecular weight is 510 g/mol. The van der Waals surface area contributed by atoms with Crippen LogP contribution in [0.25, 0.3) is 11.1 Å². The molecular formula is C29H39N3O5. The van der Waals surface area contributed by atoms with Gasteiger partial charge in [0.15, 0.2) is 11.5 Å². The number of carboxylic acid groups (broad SMARTS) is 1. The molecule has 2 aliphatic heterocycles. The van der Waals surface area contributed by atoms with E-state index in [9.17, 15) is 9.90 Å². The zero-order valence-corrected chi connectivity index (χ0v) is 22.8. The smallest absolute Gasteiger partial charge is 0.336 e. The first-order chi connectivity index (χ1) is 17.6. The molecule has 0 amide bonds. The van der Waals surface area contributed by atoms with Crippen molar-refractivity contribution < 1.29 is 24.1 Å². The number of ether oxygens (including phenoxy) is 3. The van der Waals surface area contributed by atoms with E-state index in [-0.39, 0.29) is 23.7 Å². The van der Waals surface area contributed by atoms with Crippen LogP contribution in [0.5, 0.6) is 11.5 Å². The average Bonchev–Trinajstić information content (AvgIpc) is 3.23. The van der Waals surface area contributed by atoms with Gasteiger partial charge in [0.25, 0.3) is 5.79 Å². The predicted molar refractivity (Wildman–Crippen MR) is 143 cm³/mol. The molecular weight excluding hydrogens is 470 g/mol. The van der Waals surface area contributed by atoms with Crippen molar-refractivity contribution in [3.8, 4) is 22.6 Å². The zero-order valence-electron chi connectivity index (χ0n) is 22.8. The molecule has 3 atom stereocenters. The topological polar surface area (TPSA) is 84.4 Å². The van der Waals surface area contributed by atoms with Crippen LogP contribution in [0.1, 0.15) is 62.4 Å². The van der Waals surface area contributed by atoms with E-state index in [2.05, 4.69) is 37.7 Å². The Morgan fingerprint density at radius 2 is 1.73 bits per heavy atom. The van der Waals surface area contributed by atoms with Crippen molar-refractivity contribution in [1.82, 2.24) is 9.88 Å². The van der Waals surface area contributed by atoms with Crippen LogP contribution in [0.3, 0.4) is 0 Å². The number of morpholine rings is 1. The molecule has 1 unspecified atom stereocenters. The molecule has 2 fully saturated rings. The number of hydrogen-bond donors (Lipinski definition) is 1. The van der Waals surface area contributed by atoms with Gasteiger partial charge in [0, 0.05) is 54.9 Å². The SMILES string of the molecule is Cc1c(C(=O)O)cc(-c2ccc(N3C[C@@H](C)O[C@@H](C)C3)nc2)c2c1OC(C)([C@H]1CC[C@H](N(C)C)CC1)O2. The van der Waals surface area contributed by atoms with Crippen LogP contribution in [0.15, 0.2) is 24.4 Å². The summed E-state index contributed by atoms with van der Waals surface area (Å²) in [5, 5.41) is 9.96. The number of aromatic carboxylic acids is 1. The van der Waals surface area contributed by atoms with E-state index in [1.165, 1.54) is 0 Å². The quantitative estimate of drug-likeness (QED) is 0.604. The summed E-state index contributed by atoms with van der Waals surface area (Å²) in [6.07, 6.45) is 6.26. The van der Waals surface area contributed by atoms with Gasteiger partial charge in [0.05, 0.1) is 17.8 Å². The van der Waals surface area contributed by atoms with Crippen molar-refractivity contribution in [3.05, 3.63) is 35.5 Å². The van der Waals surface area contributed by atoms with E-state index in [1.807, 2.05) is 19.1 Å². The van der Waals surface area contributed by atoms with Crippen LogP contribution in [0.4, 0.5) is 5.82 Å². The lowest BCUT2D eigenvalue weighted by molar-refractivity contribution is -0.123. The van der Waals surface area contributed by atoms with Gasteiger partial charge in [-0.25, -0.2) is 9.78 Å². The lowest BCUT2D eigenvalue weighted by atomic mass is 9.81. The van der Waals surface area contributed by atoms with E-state index in [4.69, 9.17) is 19.2 Å². The number of pyridine rings is 1. The molecule has 0 bridgehead atoms. The minimum absolute atomic E-state index is 0.139. The summed E-state index contributed by atoms with van der Waals surface area (Å²) in [6.45, 7) is 9.50. The summed E-state index contributed by atoms with van der Waals surface area (Å²) >= 11 is 0. The molecule has 200 valence electrons. The molecule has 3 aliphatic rings. The molecule has 2 aromatic rings. The number of fused-ring (bicyclic) bond motifs is 1. The van der Waals surface area contributed by atoms with Crippen molar-refractivity contribution in [1.29, 1.82) is 0 Å². The fourth-order valence-corrected chi connectivity index (χ4v) is 6.20. The monoisotopic (exact) mass is 509 g/mol. The summed E-state index contributed by atoms with van der Waals surface area (Å²) in [7, 11) is 4.27. The Bertz CT molecular complexity index is 1150. The van der Waals surface area contributed by atoms with Crippen LogP contribution in [0.2, 0.25) is 0 Å². The number of nitrogens with zero attached hydrogens (tertiary/aromatic N) is 3. The standard InChI is InChI=1S/C29H39N3O5/c1-17-15-32(16-18(2)35-17)25-12-7-20(14-30-25)24-13-23(28(33)34)19(3)26-27(24)37-29(4,36-26)21-8-10-22(11-9-21)31(5)6/h7,12-14,17-18,21-22H,8-11,15-16H2,1-6H3,(H,33,34)/t17-,18+,21-,22-,29?. The lowest BCUT2D eigenvalue weighted by Crippen LogP contribution is -2.46. The third-order valence-corrected chi connectivity index (χ3v) is 8.30. The molecule has 37 heavy (non-hydrogen) atoms. The number of benzene rings is 1. The highest BCUT2D eigenvalue weighted by Crippen LogP contribution is 2.52. The van der Waals surface area contributed by atoms with Gasteiger partial charge in [-0.05, 0) is 78.7 Å². The fraction of sp³-hybridized carbons (Fsp3) is 0.586. The molecule has 8 heteroatoms. The molecule has 8 nitrogen and oxygen atoms in total. The maximum atomic E-state index is 12.2. The van der Waals surface area contributed by atoms with Gasteiger partial charge < -0.3 is 29.1 Å². The summed E-state index contributed by atoms with van der Waals surface area (Å²) < 4.78 is 19.0. The second kappa shape index (κ2) is 9.80. The molecule has 1 aromatic heterocycles. The Labute approximate surface area is 219 Å². The van der Waals surface area contributed by atoms with E-state index in [0.717, 1.165) is 50.2 Å². The maximum absolute atomic E-state index is 12.2. The molecule has 1 aromatic carbocycles. The van der Waals surface area contributed by atoms with E-state index in [0.29, 0.717) is 28.7 Å². The summed E-state index contributed by atoms with van der Waals surface area (Å²) in [4.78, 5) is 21.4. The van der Waals surface area contributed by atoms with Crippen LogP contribution in [0, 0.1) is 12.8 Å². The maximum Gasteiger partial charge on any atom is 0.336 e. The summed E-state index contributed by atoms with van der Waals surface area (Å²) in [5.41, 5.74) is 2.32. The minimum atomic E-state index is -0.980. The molecule has 1 saturated heterocycles. The Hall–Kier alpha value is -2.84. The first kappa shape index (κ1) is 25.8. The number of anilines is 1. The summed E-state index contributed by atoms with van der Waals surface area (Å²) in [5.74, 6) is 0.445. The highest BCUT2D eigenvalue weighted by molar-refractivity contribution is 5.94. The van der Waals surface area contributed by atoms with Crippen molar-refractivity contribution in [2.24, 2.45) is 5.92 Å². The van der Waals surface area contributed by atoms with Crippen molar-refractivity contribution >= 4 is 11.8 Å². The third kappa shape index (κ3) is 4.89. The van der Waals surface area contributed by atoms with E-state index in [1.54, 1.807) is 19.2 Å². The molecule has 1 saturated carbocycles. The fourth-order valence-electron chi connectivity index (χ4n) is 6.20. The number of rotatable bonds is 5. The number of hydrogen-bond acceptors (Lipinski definition) is 7. The highest BCUT2D eigenvalue weighted by Gasteiger charge is 2.47. The largest absolute Gasteiger partial charge is 0.478 e. The minimum Gasteiger partial charge on any atom is -0.478 e. The molecule has 1 N–H and O–H groups in total. The second-order valence-electron chi connectivity index (χ2n) is 11.3. The Balaban J connectivity index is 1.46. The van der Waals surface area contributed by atoms with Gasteiger partial charge in [0.2, 0.25) is 0 Å². The third-order valence-electron chi connectivity index (χ3n) is 8.30. The van der Waals surface area contributed by atoms with Gasteiger partial charge in [-0.2, -0.15) is 0 Å². The van der Waals surface area contributed by atoms with Gasteiger partial charge in [-0.15, -0.1) is 0 Å². The highest BCUT2D eigenvalue weighted by atomic mass is 16.7. The van der Waals surface area contributed by atoms with Crippen molar-refractivity contribution in [3.63, 3.8) is 0 Å². The van der Waals surface area contributed by atoms with Gasteiger partial charge in [0.1, 0.15) is 5.82 Å². The van der Waals surface area contributed by atoms with Gasteiger partial charge >= 0.3 is 5.97 Å². The molecule has 1 aliphatic carbocycles. The Morgan fingerprint density at radius 1 is 1.08 bits per heavy atom. The first-order valence-corrected chi connectivity index (χ1v) is 13.4. The Kier molecular flexibility index (Phi) is 6.83. The lowest BCUT2D eigenvalue weighted by Gasteiger charge is -2.39. The predicted octanol–water partition coefficient (Wildman–Crippen LogP) is 4.98. The molecule has 3 heterocycles. The number of carbonyl (C=O) groups is 1. The second-order valence-corrected chi connectivity index (χ2v) is 11.3. The van der Waals surface area contributed by atoms with Crippen LogP contribution in [-0.4, -0.2) is 72.2 Å². The normalized spacial score (nSPS) is 29.5. The number of aromatic nitrogens is 1. The van der Waals surface area contributed by atoms with Crippen molar-refractivity contribution in [2.75, 3.05) is 32.1 Å². The number of carboxylic acids is 1. The van der Waals surface area contributed by atoms with E-state index >= 15 is 0 Å². The van der Waals surface area contributed by atoms with Crippen LogP contribution in [-0.2, 0) is 4.74 Å². The summed E-state index contributed by atoms with van der Waals surface area (Å²) in [6, 6.07) is 6.25. The zero-order chi connectivity index (χ0) is 26.5. The van der Waals surface area contributed by atoms with Crippen LogP contribution < -0.4 is 14.4 Å². The molecule has 0 spiro atoms. The first-order valence-electron chi connectivity index (χ1n) is 13.4. The molecule has 5 rings (SSSR count).